The molecule has 2 nitrogen and oxygen atoms in total. The van der Waals surface area contributed by atoms with Crippen LogP contribution in [0.1, 0.15) is 36.3 Å². The maximum absolute atomic E-state index is 5.99. The Hall–Kier alpha value is -0.840. The predicted molar refractivity (Wildman–Crippen MR) is 89.5 cm³/mol. The Labute approximate surface area is 133 Å². The molecule has 0 aliphatic heterocycles. The molecule has 0 amide bonds. The van der Waals surface area contributed by atoms with Crippen LogP contribution in [0.15, 0.2) is 40.2 Å². The molecule has 0 bridgehead atoms. The monoisotopic (exact) mass is 353 g/mol. The van der Waals surface area contributed by atoms with E-state index in [9.17, 15) is 0 Å². The Morgan fingerprint density at radius 3 is 2.60 bits per heavy atom. The molecule has 1 unspecified atom stereocenters. The van der Waals surface area contributed by atoms with Crippen LogP contribution < -0.4 is 10.5 Å². The molecule has 0 saturated carbocycles. The van der Waals surface area contributed by atoms with Crippen LogP contribution in [0.4, 0.5) is 0 Å². The number of ether oxygens (including phenoxy) is 1. The van der Waals surface area contributed by atoms with E-state index < -0.39 is 0 Å². The average molecular weight is 354 g/mol. The molecular weight excluding hydrogens is 334 g/mol. The lowest BCUT2D eigenvalue weighted by Gasteiger charge is -2.16. The molecule has 2 aromatic rings. The van der Waals surface area contributed by atoms with E-state index in [4.69, 9.17) is 10.5 Å². The number of unbranched alkanes of at least 4 members (excludes halogenated alkanes) is 1. The number of hydrogen-bond acceptors (Lipinski definition) is 3. The minimum atomic E-state index is -0.0761. The smallest absolute Gasteiger partial charge is 0.145 e. The largest absolute Gasteiger partial charge is 0.484 e. The van der Waals surface area contributed by atoms with Crippen LogP contribution in [0, 0.1) is 0 Å². The normalized spacial score (nSPS) is 12.3. The van der Waals surface area contributed by atoms with Crippen LogP contribution in [0.3, 0.4) is 0 Å². The molecule has 0 aliphatic rings. The van der Waals surface area contributed by atoms with Crippen molar-refractivity contribution in [2.75, 3.05) is 6.54 Å². The SMILES string of the molecule is CCCCc1ccc(OC(CN)c2cc(Br)cs2)cc1. The standard InChI is InChI=1S/C16H20BrNOS/c1-2-3-4-12-5-7-14(8-6-12)19-15(10-18)16-9-13(17)11-20-16/h5-9,11,15H,2-4,10,18H2,1H3. The summed E-state index contributed by atoms with van der Waals surface area (Å²) >= 11 is 5.13. The van der Waals surface area contributed by atoms with Gasteiger partial charge < -0.3 is 10.5 Å². The van der Waals surface area contributed by atoms with E-state index in [2.05, 4.69) is 46.4 Å². The van der Waals surface area contributed by atoms with Gasteiger partial charge >= 0.3 is 0 Å². The number of hydrogen-bond donors (Lipinski definition) is 1. The zero-order valence-electron chi connectivity index (χ0n) is 11.6. The van der Waals surface area contributed by atoms with Crippen molar-refractivity contribution in [3.8, 4) is 5.75 Å². The molecule has 1 heterocycles. The van der Waals surface area contributed by atoms with E-state index in [1.54, 1.807) is 11.3 Å². The van der Waals surface area contributed by atoms with Gasteiger partial charge in [-0.15, -0.1) is 11.3 Å². The summed E-state index contributed by atoms with van der Waals surface area (Å²) in [4.78, 5) is 1.15. The Bertz CT molecular complexity index is 524. The second-order valence-electron chi connectivity index (χ2n) is 4.76. The summed E-state index contributed by atoms with van der Waals surface area (Å²) < 4.78 is 7.07. The highest BCUT2D eigenvalue weighted by molar-refractivity contribution is 9.10. The molecule has 0 radical (unpaired) electrons. The number of nitrogens with two attached hydrogens (primary N) is 1. The number of aryl methyl sites for hydroxylation is 1. The van der Waals surface area contributed by atoms with Gasteiger partial charge in [0.25, 0.3) is 0 Å². The summed E-state index contributed by atoms with van der Waals surface area (Å²) in [6.45, 7) is 2.69. The van der Waals surface area contributed by atoms with Gasteiger partial charge in [0, 0.05) is 21.3 Å². The third-order valence-corrected chi connectivity index (χ3v) is 4.93. The maximum Gasteiger partial charge on any atom is 0.145 e. The van der Waals surface area contributed by atoms with E-state index >= 15 is 0 Å². The summed E-state index contributed by atoms with van der Waals surface area (Å²) in [5.41, 5.74) is 7.19. The maximum atomic E-state index is 5.99. The fraction of sp³-hybridized carbons (Fsp3) is 0.375. The van der Waals surface area contributed by atoms with Crippen LogP contribution in [-0.2, 0) is 6.42 Å². The lowest BCUT2D eigenvalue weighted by molar-refractivity contribution is 0.218. The number of halogens is 1. The Kier molecular flexibility index (Phi) is 6.07. The minimum Gasteiger partial charge on any atom is -0.484 e. The quantitative estimate of drug-likeness (QED) is 0.765. The topological polar surface area (TPSA) is 35.2 Å². The zero-order valence-corrected chi connectivity index (χ0v) is 14.0. The molecule has 1 aromatic heterocycles. The van der Waals surface area contributed by atoms with Crippen molar-refractivity contribution in [1.82, 2.24) is 0 Å². The molecule has 108 valence electrons. The zero-order chi connectivity index (χ0) is 14.4. The van der Waals surface area contributed by atoms with Crippen LogP contribution >= 0.6 is 27.3 Å². The van der Waals surface area contributed by atoms with Crippen molar-refractivity contribution in [3.05, 3.63) is 50.6 Å². The van der Waals surface area contributed by atoms with Gasteiger partial charge in [0.05, 0.1) is 0 Å². The van der Waals surface area contributed by atoms with Gasteiger partial charge in [0.1, 0.15) is 11.9 Å². The number of benzene rings is 1. The molecule has 2 rings (SSSR count). The number of thiophene rings is 1. The predicted octanol–water partition coefficient (Wildman–Crippen LogP) is 4.93. The van der Waals surface area contributed by atoms with Crippen molar-refractivity contribution < 1.29 is 4.74 Å². The molecule has 0 saturated heterocycles. The molecule has 4 heteroatoms. The molecular formula is C16H20BrNOS. The van der Waals surface area contributed by atoms with Crippen LogP contribution in [0.25, 0.3) is 0 Å². The first-order chi connectivity index (χ1) is 9.72. The van der Waals surface area contributed by atoms with Crippen LogP contribution in [0.2, 0.25) is 0 Å². The summed E-state index contributed by atoms with van der Waals surface area (Å²) in [6, 6.07) is 10.4. The first-order valence-electron chi connectivity index (χ1n) is 6.92. The Morgan fingerprint density at radius 2 is 2.05 bits per heavy atom. The lowest BCUT2D eigenvalue weighted by Crippen LogP contribution is -2.17. The fourth-order valence-electron chi connectivity index (χ4n) is 2.00. The summed E-state index contributed by atoms with van der Waals surface area (Å²) in [7, 11) is 0. The highest BCUT2D eigenvalue weighted by atomic mass is 79.9. The second-order valence-corrected chi connectivity index (χ2v) is 6.62. The van der Waals surface area contributed by atoms with Crippen molar-refractivity contribution in [1.29, 1.82) is 0 Å². The van der Waals surface area contributed by atoms with Gasteiger partial charge in [0.15, 0.2) is 0 Å². The first kappa shape index (κ1) is 15.5. The molecule has 20 heavy (non-hydrogen) atoms. The Morgan fingerprint density at radius 1 is 1.30 bits per heavy atom. The fourth-order valence-corrected chi connectivity index (χ4v) is 3.49. The van der Waals surface area contributed by atoms with Gasteiger partial charge in [-0.2, -0.15) is 0 Å². The third kappa shape index (κ3) is 4.33. The summed E-state index contributed by atoms with van der Waals surface area (Å²) in [5.74, 6) is 0.880. The van der Waals surface area contributed by atoms with E-state index in [0.717, 1.165) is 21.5 Å². The van der Waals surface area contributed by atoms with Crippen molar-refractivity contribution >= 4 is 27.3 Å². The summed E-state index contributed by atoms with van der Waals surface area (Å²) in [5, 5.41) is 2.05. The number of rotatable bonds is 7. The van der Waals surface area contributed by atoms with Crippen molar-refractivity contribution in [2.24, 2.45) is 5.73 Å². The highest BCUT2D eigenvalue weighted by Gasteiger charge is 2.13. The molecule has 0 aliphatic carbocycles. The van der Waals surface area contributed by atoms with E-state index in [1.807, 2.05) is 12.1 Å². The van der Waals surface area contributed by atoms with Gasteiger partial charge in [-0.25, -0.2) is 0 Å². The van der Waals surface area contributed by atoms with Gasteiger partial charge in [0.2, 0.25) is 0 Å². The first-order valence-corrected chi connectivity index (χ1v) is 8.59. The lowest BCUT2D eigenvalue weighted by atomic mass is 10.1. The molecule has 1 atom stereocenters. The average Bonchev–Trinajstić information content (AvgIpc) is 2.90. The highest BCUT2D eigenvalue weighted by Crippen LogP contribution is 2.29. The van der Waals surface area contributed by atoms with Gasteiger partial charge in [-0.3, -0.25) is 0 Å². The van der Waals surface area contributed by atoms with Crippen molar-refractivity contribution in [3.63, 3.8) is 0 Å². The van der Waals surface area contributed by atoms with Crippen LogP contribution in [-0.4, -0.2) is 6.54 Å². The van der Waals surface area contributed by atoms with E-state index in [0.29, 0.717) is 6.54 Å². The van der Waals surface area contributed by atoms with Crippen molar-refractivity contribution in [2.45, 2.75) is 32.3 Å². The third-order valence-electron chi connectivity index (χ3n) is 3.14. The Balaban J connectivity index is 2.00. The van der Waals surface area contributed by atoms with Crippen LogP contribution in [0.5, 0.6) is 5.75 Å². The van der Waals surface area contributed by atoms with Gasteiger partial charge in [-0.1, -0.05) is 25.5 Å². The van der Waals surface area contributed by atoms with E-state index in [1.165, 1.54) is 18.4 Å². The molecule has 0 spiro atoms. The minimum absolute atomic E-state index is 0.0761. The summed E-state index contributed by atoms with van der Waals surface area (Å²) in [6.07, 6.45) is 3.51. The van der Waals surface area contributed by atoms with Gasteiger partial charge in [-0.05, 0) is 52.5 Å². The van der Waals surface area contributed by atoms with E-state index in [-0.39, 0.29) is 6.10 Å². The molecule has 0 fully saturated rings. The molecule has 1 aromatic carbocycles. The second kappa shape index (κ2) is 7.81. The molecule has 2 N–H and O–H groups in total.